The van der Waals surface area contributed by atoms with Crippen molar-refractivity contribution >= 4 is 11.9 Å². The summed E-state index contributed by atoms with van der Waals surface area (Å²) >= 11 is 0. The van der Waals surface area contributed by atoms with Crippen LogP contribution in [0.15, 0.2) is 0 Å². The van der Waals surface area contributed by atoms with E-state index in [0.717, 1.165) is 0 Å². The summed E-state index contributed by atoms with van der Waals surface area (Å²) in [6.45, 7) is 2.47. The van der Waals surface area contributed by atoms with Gasteiger partial charge in [-0.05, 0) is 12.8 Å². The number of halogens is 1. The first-order chi connectivity index (χ1) is 12.2. The fourth-order valence-electron chi connectivity index (χ4n) is 1.65. The van der Waals surface area contributed by atoms with E-state index in [1.54, 1.807) is 0 Å². The minimum absolute atomic E-state index is 0.0638. The van der Waals surface area contributed by atoms with Crippen molar-refractivity contribution in [3.05, 3.63) is 0 Å². The average molecular weight is 368 g/mol. The van der Waals surface area contributed by atoms with E-state index in [0.29, 0.717) is 52.5 Å². The van der Waals surface area contributed by atoms with E-state index in [1.165, 1.54) is 0 Å². The van der Waals surface area contributed by atoms with E-state index >= 15 is 0 Å². The number of esters is 1. The Hall–Kier alpha value is -1.29. The van der Waals surface area contributed by atoms with E-state index in [2.05, 4.69) is 0 Å². The van der Waals surface area contributed by atoms with E-state index in [1.807, 2.05) is 0 Å². The molecule has 25 heavy (non-hydrogen) atoms. The molecule has 0 aromatic rings. The molecule has 0 fully saturated rings. The maximum absolute atomic E-state index is 11.7. The number of ether oxygens (including phenoxy) is 5. The maximum atomic E-state index is 11.7. The van der Waals surface area contributed by atoms with Gasteiger partial charge in [-0.2, -0.15) is 0 Å². The second kappa shape index (κ2) is 19.0. The third-order valence-electron chi connectivity index (χ3n) is 2.85. The van der Waals surface area contributed by atoms with Crippen molar-refractivity contribution in [2.75, 3.05) is 66.1 Å². The molecule has 0 aromatic heterocycles. The van der Waals surface area contributed by atoms with Crippen molar-refractivity contribution < 1.29 is 42.8 Å². The monoisotopic (exact) mass is 368 g/mol. The molecule has 0 aliphatic rings. The third kappa shape index (κ3) is 20.7. The molecule has 0 aliphatic heterocycles. The van der Waals surface area contributed by atoms with Crippen LogP contribution in [0.3, 0.4) is 0 Å². The molecule has 148 valence electrons. The average Bonchev–Trinajstić information content (AvgIpc) is 2.59. The van der Waals surface area contributed by atoms with Gasteiger partial charge in [0, 0.05) is 12.8 Å². The van der Waals surface area contributed by atoms with E-state index in [9.17, 15) is 14.0 Å². The van der Waals surface area contributed by atoms with Gasteiger partial charge < -0.3 is 28.8 Å². The second-order valence-corrected chi connectivity index (χ2v) is 4.96. The summed E-state index contributed by atoms with van der Waals surface area (Å²) in [6.07, 6.45) is 1.25. The molecule has 0 heterocycles. The highest BCUT2D eigenvalue weighted by atomic mass is 19.1. The molecule has 0 radical (unpaired) electrons. The third-order valence-corrected chi connectivity index (χ3v) is 2.85. The van der Waals surface area contributed by atoms with Crippen molar-refractivity contribution in [3.63, 3.8) is 0 Å². The normalized spacial score (nSPS) is 10.8. The zero-order chi connectivity index (χ0) is 18.6. The molecule has 0 saturated heterocycles. The molecule has 1 N–H and O–H groups in total. The van der Waals surface area contributed by atoms with Crippen LogP contribution < -0.4 is 0 Å². The number of carbonyl (C=O) groups excluding carboxylic acids is 1. The van der Waals surface area contributed by atoms with Gasteiger partial charge >= 0.3 is 11.9 Å². The lowest BCUT2D eigenvalue weighted by atomic mass is 10.2. The van der Waals surface area contributed by atoms with E-state index in [-0.39, 0.29) is 38.6 Å². The molecule has 0 amide bonds. The van der Waals surface area contributed by atoms with Crippen molar-refractivity contribution in [1.29, 1.82) is 0 Å². The number of unbranched alkanes of at least 4 members (excludes halogenated alkanes) is 1. The van der Waals surface area contributed by atoms with Crippen molar-refractivity contribution in [2.24, 2.45) is 0 Å². The molecular formula is C16H29FO8. The topological polar surface area (TPSA) is 101 Å². The molecule has 0 unspecified atom stereocenters. The van der Waals surface area contributed by atoms with Crippen molar-refractivity contribution in [1.82, 2.24) is 0 Å². The van der Waals surface area contributed by atoms with Gasteiger partial charge in [0.05, 0.1) is 52.9 Å². The van der Waals surface area contributed by atoms with Crippen LogP contribution in [-0.4, -0.2) is 83.2 Å². The van der Waals surface area contributed by atoms with Crippen LogP contribution in [0.5, 0.6) is 0 Å². The van der Waals surface area contributed by atoms with Gasteiger partial charge in [0.2, 0.25) is 0 Å². The molecule has 9 heteroatoms. The predicted octanol–water partition coefficient (Wildman–Crippen LogP) is 1.21. The van der Waals surface area contributed by atoms with Gasteiger partial charge in [0.1, 0.15) is 13.3 Å². The number of carboxylic acid groups (broad SMARTS) is 1. The summed E-state index contributed by atoms with van der Waals surface area (Å²) < 4.78 is 37.3. The summed E-state index contributed by atoms with van der Waals surface area (Å²) in [5.74, 6) is -1.21. The highest BCUT2D eigenvalue weighted by Gasteiger charge is 2.04. The Balaban J connectivity index is 3.13. The molecule has 0 aromatic carbocycles. The second-order valence-electron chi connectivity index (χ2n) is 4.96. The van der Waals surface area contributed by atoms with Crippen molar-refractivity contribution in [2.45, 2.75) is 25.7 Å². The van der Waals surface area contributed by atoms with Gasteiger partial charge in [0.15, 0.2) is 0 Å². The fourth-order valence-corrected chi connectivity index (χ4v) is 1.65. The fraction of sp³-hybridized carbons (Fsp3) is 0.875. The van der Waals surface area contributed by atoms with Gasteiger partial charge in [-0.3, -0.25) is 9.59 Å². The number of hydrogen-bond acceptors (Lipinski definition) is 7. The predicted molar refractivity (Wildman–Crippen MR) is 86.3 cm³/mol. The first-order valence-corrected chi connectivity index (χ1v) is 8.41. The molecular weight excluding hydrogens is 339 g/mol. The Labute approximate surface area is 147 Å². The van der Waals surface area contributed by atoms with Crippen LogP contribution in [-0.2, 0) is 33.3 Å². The first-order valence-electron chi connectivity index (χ1n) is 8.41. The van der Waals surface area contributed by atoms with Crippen LogP contribution in [0.1, 0.15) is 25.7 Å². The quantitative estimate of drug-likeness (QED) is 0.268. The number of carbonyl (C=O) groups is 2. The number of carboxylic acids is 1. The maximum Gasteiger partial charge on any atom is 0.305 e. The Morgan fingerprint density at radius 1 is 0.680 bits per heavy atom. The van der Waals surface area contributed by atoms with Crippen molar-refractivity contribution in [3.8, 4) is 0 Å². The zero-order valence-electron chi connectivity index (χ0n) is 14.6. The zero-order valence-corrected chi connectivity index (χ0v) is 14.6. The first kappa shape index (κ1) is 23.7. The standard InChI is InChI=1S/C16H29FO8/c17-5-6-21-7-8-22-9-10-23-11-12-24-13-14-25-16(20)4-2-1-3-15(18)19/h1-14H2,(H,18,19). The van der Waals surface area contributed by atoms with Crippen LogP contribution >= 0.6 is 0 Å². The van der Waals surface area contributed by atoms with E-state index in [4.69, 9.17) is 28.8 Å². The number of hydrogen-bond donors (Lipinski definition) is 1. The lowest BCUT2D eigenvalue weighted by Gasteiger charge is -2.07. The summed E-state index contributed by atoms with van der Waals surface area (Å²) in [5, 5.41) is 8.46. The summed E-state index contributed by atoms with van der Waals surface area (Å²) in [7, 11) is 0. The molecule has 0 rings (SSSR count). The molecule has 8 nitrogen and oxygen atoms in total. The van der Waals surface area contributed by atoms with E-state index < -0.39 is 12.6 Å². The molecule has 0 saturated carbocycles. The highest BCUT2D eigenvalue weighted by Crippen LogP contribution is 2.01. The van der Waals surface area contributed by atoms with Gasteiger partial charge in [-0.25, -0.2) is 4.39 Å². The summed E-state index contributed by atoms with van der Waals surface area (Å²) in [6, 6.07) is 0. The van der Waals surface area contributed by atoms with Gasteiger partial charge in [-0.15, -0.1) is 0 Å². The molecule has 0 aliphatic carbocycles. The largest absolute Gasteiger partial charge is 0.481 e. The number of aliphatic carboxylic acids is 1. The van der Waals surface area contributed by atoms with Gasteiger partial charge in [-0.1, -0.05) is 0 Å². The molecule has 0 bridgehead atoms. The summed E-state index contributed by atoms with van der Waals surface area (Å²) in [4.78, 5) is 21.6. The highest BCUT2D eigenvalue weighted by molar-refractivity contribution is 5.69. The Kier molecular flexibility index (Phi) is 18.1. The Bertz CT molecular complexity index is 327. The minimum atomic E-state index is -0.863. The Morgan fingerprint density at radius 3 is 1.60 bits per heavy atom. The van der Waals surface area contributed by atoms with Crippen LogP contribution in [0.4, 0.5) is 4.39 Å². The minimum Gasteiger partial charge on any atom is -0.481 e. The number of alkyl halides is 1. The Morgan fingerprint density at radius 2 is 1.12 bits per heavy atom. The smallest absolute Gasteiger partial charge is 0.305 e. The van der Waals surface area contributed by atoms with Crippen LogP contribution in [0.2, 0.25) is 0 Å². The molecule has 0 spiro atoms. The SMILES string of the molecule is O=C(O)CCCCC(=O)OCCOCCOCCOCCOCCF. The lowest BCUT2D eigenvalue weighted by molar-refractivity contribution is -0.146. The van der Waals surface area contributed by atoms with Gasteiger partial charge in [0.25, 0.3) is 0 Å². The van der Waals surface area contributed by atoms with Crippen LogP contribution in [0, 0.1) is 0 Å². The number of rotatable bonds is 19. The lowest BCUT2D eigenvalue weighted by Crippen LogP contribution is -2.14. The summed E-state index contributed by atoms with van der Waals surface area (Å²) in [5.41, 5.74) is 0. The molecule has 0 atom stereocenters. The van der Waals surface area contributed by atoms with Crippen LogP contribution in [0.25, 0.3) is 0 Å².